The van der Waals surface area contributed by atoms with Crippen LogP contribution in [0.1, 0.15) is 18.1 Å². The van der Waals surface area contributed by atoms with Crippen molar-refractivity contribution in [2.24, 2.45) is 5.73 Å². The number of halogens is 1. The van der Waals surface area contributed by atoms with E-state index in [1.165, 1.54) is 0 Å². The highest BCUT2D eigenvalue weighted by Crippen LogP contribution is 2.28. The molecule has 0 aliphatic rings. The largest absolute Gasteiger partial charge is 0.496 e. The average molecular weight is 244 g/mol. The first kappa shape index (κ1) is 13.3. The van der Waals surface area contributed by atoms with Gasteiger partial charge in [0.15, 0.2) is 0 Å². The Hall–Kier alpha value is -0.770. The molecule has 1 rings (SSSR count). The van der Waals surface area contributed by atoms with Crippen LogP contribution < -0.4 is 10.5 Å². The summed E-state index contributed by atoms with van der Waals surface area (Å²) in [5.41, 5.74) is 7.93. The fourth-order valence-electron chi connectivity index (χ4n) is 1.69. The molecule has 90 valence electrons. The Morgan fingerprint density at radius 2 is 2.06 bits per heavy atom. The van der Waals surface area contributed by atoms with Gasteiger partial charge in [0.2, 0.25) is 0 Å². The lowest BCUT2D eigenvalue weighted by Gasteiger charge is -2.16. The summed E-state index contributed by atoms with van der Waals surface area (Å²) >= 11 is 6.01. The first-order chi connectivity index (χ1) is 7.58. The van der Waals surface area contributed by atoms with Crippen molar-refractivity contribution in [1.82, 2.24) is 0 Å². The molecule has 1 unspecified atom stereocenters. The van der Waals surface area contributed by atoms with Crippen molar-refractivity contribution in [2.75, 3.05) is 14.2 Å². The van der Waals surface area contributed by atoms with Gasteiger partial charge in [-0.2, -0.15) is 0 Å². The quantitative estimate of drug-likeness (QED) is 0.864. The van der Waals surface area contributed by atoms with E-state index in [2.05, 4.69) is 0 Å². The van der Waals surface area contributed by atoms with E-state index in [-0.39, 0.29) is 6.04 Å². The van der Waals surface area contributed by atoms with Crippen LogP contribution in [-0.2, 0) is 17.8 Å². The van der Waals surface area contributed by atoms with Gasteiger partial charge in [-0.1, -0.05) is 11.6 Å². The molecule has 0 radical (unpaired) electrons. The van der Waals surface area contributed by atoms with Crippen molar-refractivity contribution in [3.63, 3.8) is 0 Å². The lowest BCUT2D eigenvalue weighted by molar-refractivity contribution is 0.183. The normalized spacial score (nSPS) is 12.6. The fourth-order valence-corrected chi connectivity index (χ4v) is 1.92. The Morgan fingerprint density at radius 1 is 1.38 bits per heavy atom. The Labute approximate surface area is 101 Å². The van der Waals surface area contributed by atoms with Gasteiger partial charge in [0.05, 0.1) is 13.7 Å². The lowest BCUT2D eigenvalue weighted by Crippen LogP contribution is -2.19. The van der Waals surface area contributed by atoms with E-state index in [0.29, 0.717) is 11.6 Å². The van der Waals surface area contributed by atoms with E-state index in [9.17, 15) is 0 Å². The van der Waals surface area contributed by atoms with Crippen LogP contribution in [0.3, 0.4) is 0 Å². The van der Waals surface area contributed by atoms with Crippen molar-refractivity contribution < 1.29 is 9.47 Å². The number of benzene rings is 1. The molecule has 0 spiro atoms. The van der Waals surface area contributed by atoms with Crippen LogP contribution in [0.4, 0.5) is 0 Å². The van der Waals surface area contributed by atoms with Gasteiger partial charge in [-0.15, -0.1) is 0 Å². The van der Waals surface area contributed by atoms with Crippen LogP contribution in [0.2, 0.25) is 5.02 Å². The number of methoxy groups -OCH3 is 2. The third-order valence-electron chi connectivity index (χ3n) is 2.31. The van der Waals surface area contributed by atoms with Gasteiger partial charge in [0.1, 0.15) is 5.75 Å². The molecule has 0 fully saturated rings. The molecule has 2 N–H and O–H groups in total. The van der Waals surface area contributed by atoms with E-state index < -0.39 is 0 Å². The predicted molar refractivity (Wildman–Crippen MR) is 66.1 cm³/mol. The van der Waals surface area contributed by atoms with Gasteiger partial charge >= 0.3 is 0 Å². The molecular formula is C12H18ClNO2. The van der Waals surface area contributed by atoms with Crippen molar-refractivity contribution in [2.45, 2.75) is 26.0 Å². The molecule has 0 bridgehead atoms. The molecule has 16 heavy (non-hydrogen) atoms. The topological polar surface area (TPSA) is 44.5 Å². The number of ether oxygens (including phenoxy) is 2. The monoisotopic (exact) mass is 243 g/mol. The van der Waals surface area contributed by atoms with Crippen LogP contribution in [-0.4, -0.2) is 20.3 Å². The number of hydrogen-bond donors (Lipinski definition) is 1. The summed E-state index contributed by atoms with van der Waals surface area (Å²) in [6.07, 6.45) is 0.749. The van der Waals surface area contributed by atoms with Crippen LogP contribution in [0.25, 0.3) is 0 Å². The number of hydrogen-bond acceptors (Lipinski definition) is 3. The Bertz CT molecular complexity index is 353. The maximum absolute atomic E-state index is 6.01. The summed E-state index contributed by atoms with van der Waals surface area (Å²) < 4.78 is 10.5. The minimum absolute atomic E-state index is 0.0747. The zero-order valence-corrected chi connectivity index (χ0v) is 10.7. The molecule has 0 saturated carbocycles. The zero-order valence-electron chi connectivity index (χ0n) is 9.92. The van der Waals surface area contributed by atoms with E-state index >= 15 is 0 Å². The Balaban J connectivity index is 3.15. The number of nitrogens with two attached hydrogens (primary N) is 1. The van der Waals surface area contributed by atoms with Gasteiger partial charge in [-0.3, -0.25) is 0 Å². The predicted octanol–water partition coefficient (Wildman–Crippen LogP) is 2.38. The SMILES string of the molecule is COCc1cc(Cl)cc(OC)c1CC(C)N. The highest BCUT2D eigenvalue weighted by molar-refractivity contribution is 6.30. The molecule has 0 amide bonds. The molecule has 1 aromatic rings. The third-order valence-corrected chi connectivity index (χ3v) is 2.53. The van der Waals surface area contributed by atoms with Gasteiger partial charge < -0.3 is 15.2 Å². The molecule has 0 heterocycles. The molecule has 1 atom stereocenters. The molecule has 0 aliphatic carbocycles. The van der Waals surface area contributed by atoms with E-state index in [1.54, 1.807) is 20.3 Å². The molecule has 0 aliphatic heterocycles. The first-order valence-electron chi connectivity index (χ1n) is 5.18. The molecule has 0 aromatic heterocycles. The summed E-state index contributed by atoms with van der Waals surface area (Å²) in [4.78, 5) is 0. The minimum Gasteiger partial charge on any atom is -0.496 e. The van der Waals surface area contributed by atoms with Crippen LogP contribution >= 0.6 is 11.6 Å². The number of rotatable bonds is 5. The Morgan fingerprint density at radius 3 is 2.56 bits per heavy atom. The molecule has 1 aromatic carbocycles. The summed E-state index contributed by atoms with van der Waals surface area (Å²) in [5, 5.41) is 0.650. The first-order valence-corrected chi connectivity index (χ1v) is 5.56. The van der Waals surface area contributed by atoms with Crippen LogP contribution in [0, 0.1) is 0 Å². The summed E-state index contributed by atoms with van der Waals surface area (Å²) in [6.45, 7) is 2.48. The molecule has 4 heteroatoms. The summed E-state index contributed by atoms with van der Waals surface area (Å²) in [7, 11) is 3.29. The van der Waals surface area contributed by atoms with Gasteiger partial charge in [0.25, 0.3) is 0 Å². The van der Waals surface area contributed by atoms with Crippen molar-refractivity contribution in [3.8, 4) is 5.75 Å². The zero-order chi connectivity index (χ0) is 12.1. The van der Waals surface area contributed by atoms with E-state index in [4.69, 9.17) is 26.8 Å². The lowest BCUT2D eigenvalue weighted by atomic mass is 10.0. The van der Waals surface area contributed by atoms with Crippen LogP contribution in [0.15, 0.2) is 12.1 Å². The van der Waals surface area contributed by atoms with E-state index in [0.717, 1.165) is 23.3 Å². The second kappa shape index (κ2) is 6.09. The van der Waals surface area contributed by atoms with Crippen molar-refractivity contribution in [1.29, 1.82) is 0 Å². The second-order valence-electron chi connectivity index (χ2n) is 3.86. The molecule has 3 nitrogen and oxygen atoms in total. The van der Waals surface area contributed by atoms with Gasteiger partial charge in [0, 0.05) is 23.7 Å². The maximum atomic E-state index is 6.01. The standard InChI is InChI=1S/C12H18ClNO2/c1-8(14)4-11-9(7-15-2)5-10(13)6-12(11)16-3/h5-6,8H,4,7,14H2,1-3H3. The maximum Gasteiger partial charge on any atom is 0.123 e. The molecule has 0 saturated heterocycles. The highest BCUT2D eigenvalue weighted by Gasteiger charge is 2.12. The highest BCUT2D eigenvalue weighted by atomic mass is 35.5. The third kappa shape index (κ3) is 3.37. The van der Waals surface area contributed by atoms with E-state index in [1.807, 2.05) is 13.0 Å². The van der Waals surface area contributed by atoms with Crippen molar-refractivity contribution >= 4 is 11.6 Å². The fraction of sp³-hybridized carbons (Fsp3) is 0.500. The Kier molecular flexibility index (Phi) is 5.06. The smallest absolute Gasteiger partial charge is 0.123 e. The van der Waals surface area contributed by atoms with Gasteiger partial charge in [-0.25, -0.2) is 0 Å². The van der Waals surface area contributed by atoms with Gasteiger partial charge in [-0.05, 0) is 31.0 Å². The van der Waals surface area contributed by atoms with Crippen LogP contribution in [0.5, 0.6) is 5.75 Å². The summed E-state index contributed by atoms with van der Waals surface area (Å²) in [6, 6.07) is 3.77. The second-order valence-corrected chi connectivity index (χ2v) is 4.30. The molecular weight excluding hydrogens is 226 g/mol. The minimum atomic E-state index is 0.0747. The van der Waals surface area contributed by atoms with Crippen molar-refractivity contribution in [3.05, 3.63) is 28.3 Å². The summed E-state index contributed by atoms with van der Waals surface area (Å²) in [5.74, 6) is 0.775. The average Bonchev–Trinajstić information content (AvgIpc) is 2.21.